The highest BCUT2D eigenvalue weighted by Gasteiger charge is 2.10. The highest BCUT2D eigenvalue weighted by Crippen LogP contribution is 2.24. The van der Waals surface area contributed by atoms with E-state index < -0.39 is 0 Å². The summed E-state index contributed by atoms with van der Waals surface area (Å²) in [7, 11) is 0. The van der Waals surface area contributed by atoms with Crippen molar-refractivity contribution >= 4 is 33.4 Å². The lowest BCUT2D eigenvalue weighted by atomic mass is 10.2. The van der Waals surface area contributed by atoms with Gasteiger partial charge in [0, 0.05) is 22.4 Å². The Morgan fingerprint density at radius 2 is 2.20 bits per heavy atom. The average Bonchev–Trinajstić information content (AvgIpc) is 2.49. The third-order valence-electron chi connectivity index (χ3n) is 2.42. The van der Waals surface area contributed by atoms with Crippen molar-refractivity contribution in [2.45, 2.75) is 0 Å². The fourth-order valence-electron chi connectivity index (χ4n) is 1.44. The molecule has 7 nitrogen and oxygen atoms in total. The molecule has 1 amide bonds. The van der Waals surface area contributed by atoms with E-state index in [-0.39, 0.29) is 17.4 Å². The first kappa shape index (κ1) is 13.9. The number of carbonyl (C=O) groups is 1. The maximum atomic E-state index is 11.9. The maximum absolute atomic E-state index is 11.9. The first-order valence-corrected chi connectivity index (χ1v) is 6.26. The van der Waals surface area contributed by atoms with Crippen LogP contribution in [0.1, 0.15) is 16.1 Å². The summed E-state index contributed by atoms with van der Waals surface area (Å²) in [6, 6.07) is 4.87. The second-order valence-electron chi connectivity index (χ2n) is 3.72. The molecule has 0 aliphatic rings. The van der Waals surface area contributed by atoms with Gasteiger partial charge in [0.2, 0.25) is 0 Å². The molecular weight excluding hydrogens is 326 g/mol. The first-order chi connectivity index (χ1) is 9.61. The molecule has 1 aromatic carbocycles. The van der Waals surface area contributed by atoms with Crippen molar-refractivity contribution in [3.63, 3.8) is 0 Å². The number of benzene rings is 1. The molecule has 20 heavy (non-hydrogen) atoms. The Hall–Kier alpha value is -2.48. The lowest BCUT2D eigenvalue weighted by Crippen LogP contribution is -2.16. The number of rotatable bonds is 3. The molecule has 0 atom stereocenters. The van der Waals surface area contributed by atoms with Gasteiger partial charge in [-0.3, -0.25) is 9.78 Å². The van der Waals surface area contributed by atoms with Gasteiger partial charge in [0.1, 0.15) is 5.69 Å². The Bertz CT molecular complexity index is 660. The van der Waals surface area contributed by atoms with Crippen molar-refractivity contribution < 1.29 is 10.0 Å². The van der Waals surface area contributed by atoms with Crippen molar-refractivity contribution in [1.29, 1.82) is 0 Å². The molecule has 0 radical (unpaired) electrons. The molecule has 2 aromatic rings. The van der Waals surface area contributed by atoms with Gasteiger partial charge < -0.3 is 16.3 Å². The van der Waals surface area contributed by atoms with Crippen molar-refractivity contribution in [3.8, 4) is 0 Å². The van der Waals surface area contributed by atoms with Gasteiger partial charge in [0.05, 0.1) is 11.9 Å². The number of oxime groups is 1. The summed E-state index contributed by atoms with van der Waals surface area (Å²) in [5.74, 6) is -0.396. The highest BCUT2D eigenvalue weighted by atomic mass is 79.9. The van der Waals surface area contributed by atoms with Crippen LogP contribution in [0.25, 0.3) is 0 Å². The van der Waals surface area contributed by atoms with E-state index in [4.69, 9.17) is 10.9 Å². The minimum absolute atomic E-state index is 0.0162. The van der Waals surface area contributed by atoms with Crippen LogP contribution in [0.5, 0.6) is 0 Å². The molecule has 2 rings (SSSR count). The predicted octanol–water partition coefficient (Wildman–Crippen LogP) is 1.59. The number of aromatic nitrogens is 2. The zero-order valence-electron chi connectivity index (χ0n) is 10.1. The highest BCUT2D eigenvalue weighted by molar-refractivity contribution is 9.10. The SMILES string of the molecule is N/C(=N/O)c1ccc(NC(=O)c2cnccn2)c(Br)c1. The molecule has 8 heteroatoms. The predicted molar refractivity (Wildman–Crippen MR) is 76.6 cm³/mol. The van der Waals surface area contributed by atoms with Crippen molar-refractivity contribution in [2.24, 2.45) is 10.9 Å². The summed E-state index contributed by atoms with van der Waals surface area (Å²) in [6.07, 6.45) is 4.29. The summed E-state index contributed by atoms with van der Waals surface area (Å²) in [4.78, 5) is 19.6. The molecule has 1 aromatic heterocycles. The number of halogens is 1. The number of nitrogens with two attached hydrogens (primary N) is 1. The van der Waals surface area contributed by atoms with Crippen LogP contribution in [0.4, 0.5) is 5.69 Å². The minimum atomic E-state index is -0.379. The lowest BCUT2D eigenvalue weighted by molar-refractivity contribution is 0.102. The maximum Gasteiger partial charge on any atom is 0.275 e. The number of carbonyl (C=O) groups excluding carboxylic acids is 1. The third kappa shape index (κ3) is 3.09. The molecule has 0 unspecified atom stereocenters. The number of hydrogen-bond acceptors (Lipinski definition) is 5. The van der Waals surface area contributed by atoms with Crippen LogP contribution in [-0.4, -0.2) is 26.9 Å². The van der Waals surface area contributed by atoms with Gasteiger partial charge >= 0.3 is 0 Å². The molecule has 1 heterocycles. The fraction of sp³-hybridized carbons (Fsp3) is 0. The quantitative estimate of drug-likeness (QED) is 0.341. The van der Waals surface area contributed by atoms with Crippen LogP contribution >= 0.6 is 15.9 Å². The van der Waals surface area contributed by atoms with Crippen LogP contribution in [0.2, 0.25) is 0 Å². The second kappa shape index (κ2) is 6.11. The Balaban J connectivity index is 2.21. The molecule has 0 saturated heterocycles. The van der Waals surface area contributed by atoms with Crippen LogP contribution in [0.3, 0.4) is 0 Å². The summed E-state index contributed by atoms with van der Waals surface area (Å²) >= 11 is 3.30. The van der Waals surface area contributed by atoms with Crippen molar-refractivity contribution in [2.75, 3.05) is 5.32 Å². The molecular formula is C12H10BrN5O2. The Morgan fingerprint density at radius 3 is 2.80 bits per heavy atom. The zero-order chi connectivity index (χ0) is 14.5. The van der Waals surface area contributed by atoms with Gasteiger partial charge in [-0.2, -0.15) is 0 Å². The Morgan fingerprint density at radius 1 is 1.40 bits per heavy atom. The van der Waals surface area contributed by atoms with Gasteiger partial charge in [-0.15, -0.1) is 0 Å². The number of hydrogen-bond donors (Lipinski definition) is 3. The zero-order valence-corrected chi connectivity index (χ0v) is 11.7. The normalized spacial score (nSPS) is 11.2. The minimum Gasteiger partial charge on any atom is -0.409 e. The van der Waals surface area contributed by atoms with Gasteiger partial charge in [0.15, 0.2) is 5.84 Å². The molecule has 4 N–H and O–H groups in total. The topological polar surface area (TPSA) is 113 Å². The third-order valence-corrected chi connectivity index (χ3v) is 3.07. The van der Waals surface area contributed by atoms with E-state index in [9.17, 15) is 4.79 Å². The van der Waals surface area contributed by atoms with E-state index in [0.29, 0.717) is 15.7 Å². The summed E-state index contributed by atoms with van der Waals surface area (Å²) in [5.41, 5.74) is 6.75. The van der Waals surface area contributed by atoms with E-state index in [1.807, 2.05) is 0 Å². The number of nitrogens with zero attached hydrogens (tertiary/aromatic N) is 3. The summed E-state index contributed by atoms with van der Waals surface area (Å²) in [5, 5.41) is 14.2. The molecule has 0 saturated carbocycles. The molecule has 0 aliphatic heterocycles. The standard InChI is InChI=1S/C12H10BrN5O2/c13-8-5-7(11(14)18-20)1-2-9(8)17-12(19)10-6-15-3-4-16-10/h1-6,20H,(H2,14,18)(H,17,19). The monoisotopic (exact) mass is 335 g/mol. The van der Waals surface area contributed by atoms with Crippen LogP contribution < -0.4 is 11.1 Å². The van der Waals surface area contributed by atoms with Crippen molar-refractivity contribution in [3.05, 3.63) is 52.5 Å². The smallest absolute Gasteiger partial charge is 0.275 e. The van der Waals surface area contributed by atoms with E-state index in [1.54, 1.807) is 18.2 Å². The molecule has 0 fully saturated rings. The van der Waals surface area contributed by atoms with Gasteiger partial charge in [-0.05, 0) is 34.1 Å². The summed E-state index contributed by atoms with van der Waals surface area (Å²) in [6.45, 7) is 0. The number of amides is 1. The number of amidine groups is 1. The number of anilines is 1. The largest absolute Gasteiger partial charge is 0.409 e. The van der Waals surface area contributed by atoms with Crippen LogP contribution in [0, 0.1) is 0 Å². The van der Waals surface area contributed by atoms with E-state index in [1.165, 1.54) is 18.6 Å². The average molecular weight is 336 g/mol. The van der Waals surface area contributed by atoms with Gasteiger partial charge in [-0.1, -0.05) is 5.16 Å². The lowest BCUT2D eigenvalue weighted by Gasteiger charge is -2.08. The van der Waals surface area contributed by atoms with E-state index in [2.05, 4.69) is 36.4 Å². The first-order valence-electron chi connectivity index (χ1n) is 5.46. The van der Waals surface area contributed by atoms with Gasteiger partial charge in [-0.25, -0.2) is 4.98 Å². The Labute approximate surface area is 122 Å². The molecule has 102 valence electrons. The van der Waals surface area contributed by atoms with Gasteiger partial charge in [0.25, 0.3) is 5.91 Å². The fourth-order valence-corrected chi connectivity index (χ4v) is 1.91. The van der Waals surface area contributed by atoms with Crippen LogP contribution in [-0.2, 0) is 0 Å². The van der Waals surface area contributed by atoms with Crippen LogP contribution in [0.15, 0.2) is 46.4 Å². The summed E-state index contributed by atoms with van der Waals surface area (Å²) < 4.78 is 0.596. The number of nitrogens with one attached hydrogen (secondary N) is 1. The molecule has 0 spiro atoms. The molecule has 0 aliphatic carbocycles. The van der Waals surface area contributed by atoms with E-state index in [0.717, 1.165) is 0 Å². The van der Waals surface area contributed by atoms with Crippen molar-refractivity contribution in [1.82, 2.24) is 9.97 Å². The Kier molecular flexibility index (Phi) is 4.26. The second-order valence-corrected chi connectivity index (χ2v) is 4.58. The molecule has 0 bridgehead atoms. The van der Waals surface area contributed by atoms with E-state index >= 15 is 0 Å².